The van der Waals surface area contributed by atoms with Crippen LogP contribution in [0.15, 0.2) is 24.5 Å². The lowest BCUT2D eigenvalue weighted by atomic mass is 10.3. The molecule has 0 unspecified atom stereocenters. The van der Waals surface area contributed by atoms with Gasteiger partial charge >= 0.3 is 0 Å². The normalized spacial score (nSPS) is 9.00. The average Bonchev–Trinajstić information content (AvgIpc) is 2.49. The van der Waals surface area contributed by atoms with Crippen molar-refractivity contribution in [2.45, 2.75) is 6.92 Å². The fourth-order valence-corrected chi connectivity index (χ4v) is 1.82. The third-order valence-corrected chi connectivity index (χ3v) is 2.92. The first-order chi connectivity index (χ1) is 10.5. The number of rotatable bonds is 2. The highest BCUT2D eigenvalue weighted by atomic mass is 35.5. The van der Waals surface area contributed by atoms with Crippen LogP contribution in [0.2, 0.25) is 15.3 Å². The summed E-state index contributed by atoms with van der Waals surface area (Å²) in [7, 11) is 0. The van der Waals surface area contributed by atoms with Crippen LogP contribution in [0, 0.1) is 22.7 Å². The third-order valence-electron chi connectivity index (χ3n) is 2.19. The maximum atomic E-state index is 8.62. The second-order valence-corrected chi connectivity index (χ2v) is 4.83. The van der Waals surface area contributed by atoms with Gasteiger partial charge < -0.3 is 4.74 Å². The maximum absolute atomic E-state index is 8.62. The van der Waals surface area contributed by atoms with Gasteiger partial charge in [0.25, 0.3) is 0 Å². The van der Waals surface area contributed by atoms with Crippen LogP contribution < -0.4 is 4.74 Å². The molecule has 22 heavy (non-hydrogen) atoms. The van der Waals surface area contributed by atoms with E-state index < -0.39 is 0 Å². The zero-order valence-electron chi connectivity index (χ0n) is 11.3. The minimum absolute atomic E-state index is 0.295. The van der Waals surface area contributed by atoms with Crippen LogP contribution >= 0.6 is 34.8 Å². The zero-order valence-corrected chi connectivity index (χ0v) is 13.6. The summed E-state index contributed by atoms with van der Waals surface area (Å²) in [5.41, 5.74) is 0.743. The van der Waals surface area contributed by atoms with E-state index in [1.807, 2.05) is 19.1 Å². The Kier molecular flexibility index (Phi) is 7.42. The summed E-state index contributed by atoms with van der Waals surface area (Å²) in [4.78, 5) is 7.43. The van der Waals surface area contributed by atoms with Crippen molar-refractivity contribution in [1.82, 2.24) is 9.97 Å². The van der Waals surface area contributed by atoms with E-state index in [0.29, 0.717) is 38.8 Å². The Morgan fingerprint density at radius 1 is 1.00 bits per heavy atom. The highest BCUT2D eigenvalue weighted by molar-refractivity contribution is 6.34. The van der Waals surface area contributed by atoms with Gasteiger partial charge in [-0.1, -0.05) is 34.8 Å². The van der Waals surface area contributed by atoms with E-state index in [1.165, 1.54) is 24.5 Å². The van der Waals surface area contributed by atoms with Crippen molar-refractivity contribution in [3.8, 4) is 17.9 Å². The fourth-order valence-electron chi connectivity index (χ4n) is 1.26. The first kappa shape index (κ1) is 18.0. The molecular formula is C14H9Cl3N4O. The van der Waals surface area contributed by atoms with Gasteiger partial charge in [0, 0.05) is 12.3 Å². The lowest BCUT2D eigenvalue weighted by Crippen LogP contribution is -1.95. The Bertz CT molecular complexity index is 738. The molecule has 0 saturated heterocycles. The Morgan fingerprint density at radius 3 is 2.05 bits per heavy atom. The Hall–Kier alpha value is -2.05. The van der Waals surface area contributed by atoms with E-state index in [0.717, 1.165) is 0 Å². The molecule has 0 aliphatic heterocycles. The predicted octanol–water partition coefficient (Wildman–Crippen LogP) is 4.27. The third kappa shape index (κ3) is 5.38. The molecule has 2 aromatic heterocycles. The molecule has 112 valence electrons. The molecule has 0 atom stereocenters. The summed E-state index contributed by atoms with van der Waals surface area (Å²) in [6.07, 6.45) is 2.73. The van der Waals surface area contributed by atoms with E-state index in [1.54, 1.807) is 0 Å². The van der Waals surface area contributed by atoms with Crippen LogP contribution in [0.5, 0.6) is 5.75 Å². The van der Waals surface area contributed by atoms with Crippen LogP contribution in [0.25, 0.3) is 0 Å². The summed E-state index contributed by atoms with van der Waals surface area (Å²) < 4.78 is 5.16. The van der Waals surface area contributed by atoms with Gasteiger partial charge in [-0.25, -0.2) is 9.97 Å². The molecule has 8 heteroatoms. The predicted molar refractivity (Wildman–Crippen MR) is 84.1 cm³/mol. The zero-order chi connectivity index (χ0) is 16.5. The van der Waals surface area contributed by atoms with E-state index >= 15 is 0 Å². The highest BCUT2D eigenvalue weighted by Gasteiger charge is 2.03. The second kappa shape index (κ2) is 9.07. The molecular weight excluding hydrogens is 347 g/mol. The lowest BCUT2D eigenvalue weighted by molar-refractivity contribution is 0.339. The number of nitrogens with zero attached hydrogens (tertiary/aromatic N) is 4. The highest BCUT2D eigenvalue weighted by Crippen LogP contribution is 2.20. The van der Waals surface area contributed by atoms with Gasteiger partial charge in [-0.3, -0.25) is 0 Å². The molecule has 2 heterocycles. The average molecular weight is 356 g/mol. The van der Waals surface area contributed by atoms with Crippen molar-refractivity contribution in [2.75, 3.05) is 6.61 Å². The number of hydrogen-bond donors (Lipinski definition) is 0. The molecule has 0 bridgehead atoms. The van der Waals surface area contributed by atoms with Gasteiger partial charge in [0.2, 0.25) is 0 Å². The van der Waals surface area contributed by atoms with Crippen LogP contribution in [-0.4, -0.2) is 16.6 Å². The second-order valence-electron chi connectivity index (χ2n) is 3.65. The van der Waals surface area contributed by atoms with Crippen LogP contribution in [0.3, 0.4) is 0 Å². The van der Waals surface area contributed by atoms with Crippen LogP contribution in [-0.2, 0) is 0 Å². The van der Waals surface area contributed by atoms with E-state index in [-0.39, 0.29) is 0 Å². The SMILES string of the molecule is CCOc1cc(Cl)ncc1C#N.N#Cc1cnc(Cl)cc1Cl. The van der Waals surface area contributed by atoms with Gasteiger partial charge in [0.1, 0.15) is 33.8 Å². The van der Waals surface area contributed by atoms with Gasteiger partial charge in [-0.2, -0.15) is 10.5 Å². The summed E-state index contributed by atoms with van der Waals surface area (Å²) in [5, 5.41) is 18.0. The topological polar surface area (TPSA) is 82.6 Å². The lowest BCUT2D eigenvalue weighted by Gasteiger charge is -2.03. The Morgan fingerprint density at radius 2 is 1.55 bits per heavy atom. The molecule has 2 rings (SSSR count). The molecule has 0 spiro atoms. The number of nitriles is 2. The molecule has 0 radical (unpaired) electrons. The standard InChI is InChI=1S/C8H7ClN2O.C6H2Cl2N2/c1-2-12-7-3-8(9)11-5-6(7)4-10;7-5-1-6(8)10-3-4(5)2-9/h3,5H,2H2,1H3;1,3H. The number of halogens is 3. The van der Waals surface area contributed by atoms with E-state index in [2.05, 4.69) is 9.97 Å². The molecule has 0 saturated carbocycles. The minimum atomic E-state index is 0.295. The molecule has 0 N–H and O–H groups in total. The molecule has 0 aromatic carbocycles. The number of pyridine rings is 2. The minimum Gasteiger partial charge on any atom is -0.492 e. The summed E-state index contributed by atoms with van der Waals surface area (Å²) in [6.45, 7) is 2.35. The van der Waals surface area contributed by atoms with E-state index in [4.69, 9.17) is 50.1 Å². The van der Waals surface area contributed by atoms with Crippen molar-refractivity contribution >= 4 is 34.8 Å². The molecule has 0 fully saturated rings. The fraction of sp³-hybridized carbons (Fsp3) is 0.143. The van der Waals surface area contributed by atoms with Crippen molar-refractivity contribution < 1.29 is 4.74 Å². The summed E-state index contributed by atoms with van der Waals surface area (Å²) in [5.74, 6) is 0.486. The largest absolute Gasteiger partial charge is 0.492 e. The van der Waals surface area contributed by atoms with Crippen molar-refractivity contribution in [2.24, 2.45) is 0 Å². The quantitative estimate of drug-likeness (QED) is 0.751. The van der Waals surface area contributed by atoms with Crippen molar-refractivity contribution in [3.63, 3.8) is 0 Å². The van der Waals surface area contributed by atoms with Crippen molar-refractivity contribution in [1.29, 1.82) is 10.5 Å². The number of ether oxygens (including phenoxy) is 1. The van der Waals surface area contributed by atoms with Gasteiger partial charge in [0.15, 0.2) is 0 Å². The van der Waals surface area contributed by atoms with Gasteiger partial charge in [-0.05, 0) is 13.0 Å². The first-order valence-corrected chi connectivity index (χ1v) is 7.04. The molecule has 5 nitrogen and oxygen atoms in total. The molecule has 2 aromatic rings. The molecule has 0 aliphatic rings. The van der Waals surface area contributed by atoms with Crippen molar-refractivity contribution in [3.05, 3.63) is 51.0 Å². The van der Waals surface area contributed by atoms with Gasteiger partial charge in [-0.15, -0.1) is 0 Å². The first-order valence-electron chi connectivity index (χ1n) is 5.91. The van der Waals surface area contributed by atoms with Crippen LogP contribution in [0.4, 0.5) is 0 Å². The summed E-state index contributed by atoms with van der Waals surface area (Å²) in [6, 6.07) is 6.79. The molecule has 0 amide bonds. The monoisotopic (exact) mass is 354 g/mol. The smallest absolute Gasteiger partial charge is 0.141 e. The summed E-state index contributed by atoms with van der Waals surface area (Å²) >= 11 is 16.7. The van der Waals surface area contributed by atoms with E-state index in [9.17, 15) is 0 Å². The number of hydrogen-bond acceptors (Lipinski definition) is 5. The molecule has 0 aliphatic carbocycles. The Balaban J connectivity index is 0.000000224. The Labute approximate surface area is 142 Å². The maximum Gasteiger partial charge on any atom is 0.141 e. The number of aromatic nitrogens is 2. The van der Waals surface area contributed by atoms with Crippen LogP contribution in [0.1, 0.15) is 18.1 Å². The van der Waals surface area contributed by atoms with Gasteiger partial charge in [0.05, 0.1) is 23.4 Å².